The second-order valence-corrected chi connectivity index (χ2v) is 6.04. The van der Waals surface area contributed by atoms with E-state index in [1.165, 1.54) is 17.1 Å². The first-order valence-electron chi connectivity index (χ1n) is 8.01. The van der Waals surface area contributed by atoms with Gasteiger partial charge < -0.3 is 4.57 Å². The maximum absolute atomic E-state index is 12.7. The Morgan fingerprint density at radius 3 is 2.75 bits per heavy atom. The number of hydrogen-bond acceptors (Lipinski definition) is 4. The molecule has 0 aromatic carbocycles. The highest BCUT2D eigenvalue weighted by Gasteiger charge is 2.17. The minimum absolute atomic E-state index is 0.0207. The summed E-state index contributed by atoms with van der Waals surface area (Å²) in [6, 6.07) is 1.90. The number of hydrogen-bond donors (Lipinski definition) is 0. The number of rotatable bonds is 5. The molecule has 3 aromatic rings. The van der Waals surface area contributed by atoms with Gasteiger partial charge in [-0.3, -0.25) is 18.8 Å². The zero-order valence-electron chi connectivity index (χ0n) is 14.4. The second kappa shape index (κ2) is 6.07. The van der Waals surface area contributed by atoms with Crippen LogP contribution in [0.25, 0.3) is 11.0 Å². The summed E-state index contributed by atoms with van der Waals surface area (Å²) in [5.41, 5.74) is 2.95. The summed E-state index contributed by atoms with van der Waals surface area (Å²) in [6.45, 7) is 6.91. The molecular formula is C17H21N5O2. The molecule has 0 atom stereocenters. The summed E-state index contributed by atoms with van der Waals surface area (Å²) in [5.74, 6) is -0.0856. The van der Waals surface area contributed by atoms with Gasteiger partial charge in [-0.1, -0.05) is 6.92 Å². The van der Waals surface area contributed by atoms with Crippen molar-refractivity contribution in [2.24, 2.45) is 7.05 Å². The van der Waals surface area contributed by atoms with Crippen molar-refractivity contribution in [3.63, 3.8) is 0 Å². The minimum Gasteiger partial charge on any atom is -0.348 e. The van der Waals surface area contributed by atoms with Crippen LogP contribution in [0, 0.1) is 13.8 Å². The average Bonchev–Trinajstić information content (AvgIpc) is 3.06. The molecule has 0 saturated heterocycles. The van der Waals surface area contributed by atoms with Gasteiger partial charge in [0.15, 0.2) is 11.4 Å². The zero-order chi connectivity index (χ0) is 17.4. The zero-order valence-corrected chi connectivity index (χ0v) is 14.4. The molecule has 0 aliphatic rings. The van der Waals surface area contributed by atoms with Crippen LogP contribution in [0.1, 0.15) is 35.1 Å². The lowest BCUT2D eigenvalue weighted by Gasteiger charge is -2.08. The van der Waals surface area contributed by atoms with E-state index in [2.05, 4.69) is 21.6 Å². The molecule has 126 valence electrons. The smallest absolute Gasteiger partial charge is 0.264 e. The van der Waals surface area contributed by atoms with Gasteiger partial charge >= 0.3 is 0 Å². The Balaban J connectivity index is 1.94. The summed E-state index contributed by atoms with van der Waals surface area (Å²) >= 11 is 0. The number of aromatic nitrogens is 5. The summed E-state index contributed by atoms with van der Waals surface area (Å²) in [6.07, 6.45) is 3.90. The van der Waals surface area contributed by atoms with Crippen LogP contribution in [0.3, 0.4) is 0 Å². The van der Waals surface area contributed by atoms with Crippen molar-refractivity contribution in [2.75, 3.05) is 0 Å². The Morgan fingerprint density at radius 1 is 1.29 bits per heavy atom. The molecule has 0 bridgehead atoms. The minimum atomic E-state index is -0.246. The third kappa shape index (κ3) is 2.55. The lowest BCUT2D eigenvalue weighted by Crippen LogP contribution is -2.24. The topological polar surface area (TPSA) is 74.7 Å². The Bertz CT molecular complexity index is 977. The van der Waals surface area contributed by atoms with Gasteiger partial charge in [-0.05, 0) is 26.3 Å². The lowest BCUT2D eigenvalue weighted by atomic mass is 10.1. The number of fused-ring (bicyclic) bond motifs is 1. The maximum atomic E-state index is 12.7. The van der Waals surface area contributed by atoms with Crippen molar-refractivity contribution in [1.29, 1.82) is 0 Å². The molecule has 0 aliphatic heterocycles. The predicted molar refractivity (Wildman–Crippen MR) is 91.3 cm³/mol. The fraction of sp³-hybridized carbons (Fsp3) is 0.412. The van der Waals surface area contributed by atoms with Crippen LogP contribution in [0.2, 0.25) is 0 Å². The Hall–Kier alpha value is -2.70. The van der Waals surface area contributed by atoms with Crippen LogP contribution in [-0.4, -0.2) is 29.7 Å². The van der Waals surface area contributed by atoms with E-state index in [4.69, 9.17) is 0 Å². The quantitative estimate of drug-likeness (QED) is 0.670. The van der Waals surface area contributed by atoms with Crippen molar-refractivity contribution < 1.29 is 4.79 Å². The van der Waals surface area contributed by atoms with Crippen molar-refractivity contribution in [2.45, 2.75) is 40.3 Å². The molecule has 0 radical (unpaired) electrons. The fourth-order valence-corrected chi connectivity index (χ4v) is 3.07. The van der Waals surface area contributed by atoms with E-state index in [1.807, 2.05) is 19.9 Å². The normalized spacial score (nSPS) is 11.3. The number of aryl methyl sites for hydroxylation is 2. The van der Waals surface area contributed by atoms with E-state index < -0.39 is 0 Å². The largest absolute Gasteiger partial charge is 0.348 e. The van der Waals surface area contributed by atoms with E-state index in [0.29, 0.717) is 16.6 Å². The highest BCUT2D eigenvalue weighted by Crippen LogP contribution is 2.17. The van der Waals surface area contributed by atoms with Gasteiger partial charge in [-0.15, -0.1) is 0 Å². The van der Waals surface area contributed by atoms with Crippen LogP contribution in [-0.2, 0) is 20.1 Å². The number of ketones is 1. The van der Waals surface area contributed by atoms with Gasteiger partial charge in [0, 0.05) is 30.5 Å². The number of Topliss-reactive ketones (excluding diaryl/α,β-unsaturated/α-hetero) is 1. The lowest BCUT2D eigenvalue weighted by molar-refractivity contribution is 0.0970. The van der Waals surface area contributed by atoms with E-state index in [0.717, 1.165) is 24.4 Å². The molecule has 7 nitrogen and oxygen atoms in total. The standard InChI is InChI=1S/C17H21N5O2/c1-5-6-22-11(2)7-13(12(22)3)15(23)9-21-10-18-16-14(17(21)24)8-19-20(16)4/h7-8,10H,5-6,9H2,1-4H3. The summed E-state index contributed by atoms with van der Waals surface area (Å²) < 4.78 is 5.03. The monoisotopic (exact) mass is 327 g/mol. The van der Waals surface area contributed by atoms with Crippen LogP contribution in [0.4, 0.5) is 0 Å². The molecular weight excluding hydrogens is 306 g/mol. The number of carbonyl (C=O) groups excluding carboxylic acids is 1. The predicted octanol–water partition coefficient (Wildman–Crippen LogP) is 1.84. The first-order valence-corrected chi connectivity index (χ1v) is 8.01. The van der Waals surface area contributed by atoms with Gasteiger partial charge in [-0.25, -0.2) is 4.98 Å². The molecule has 7 heteroatoms. The first kappa shape index (κ1) is 16.2. The Morgan fingerprint density at radius 2 is 2.04 bits per heavy atom. The van der Waals surface area contributed by atoms with Gasteiger partial charge in [-0.2, -0.15) is 5.10 Å². The second-order valence-electron chi connectivity index (χ2n) is 6.04. The Kier molecular flexibility index (Phi) is 4.09. The van der Waals surface area contributed by atoms with E-state index in [1.54, 1.807) is 11.7 Å². The van der Waals surface area contributed by atoms with Crippen LogP contribution in [0.15, 0.2) is 23.4 Å². The highest BCUT2D eigenvalue weighted by atomic mass is 16.1. The van der Waals surface area contributed by atoms with Crippen LogP contribution >= 0.6 is 0 Å². The maximum Gasteiger partial charge on any atom is 0.264 e. The SMILES string of the molecule is CCCn1c(C)cc(C(=O)Cn2cnc3c(cnn3C)c2=O)c1C. The van der Waals surface area contributed by atoms with Crippen molar-refractivity contribution in [1.82, 2.24) is 23.9 Å². The highest BCUT2D eigenvalue weighted by molar-refractivity contribution is 5.97. The summed E-state index contributed by atoms with van der Waals surface area (Å²) in [7, 11) is 1.73. The molecule has 3 aromatic heterocycles. The molecule has 0 amide bonds. The van der Waals surface area contributed by atoms with Gasteiger partial charge in [0.2, 0.25) is 0 Å². The van der Waals surface area contributed by atoms with Crippen molar-refractivity contribution in [3.05, 3.63) is 45.9 Å². The van der Waals surface area contributed by atoms with Gasteiger partial charge in [0.25, 0.3) is 5.56 Å². The summed E-state index contributed by atoms with van der Waals surface area (Å²) in [5, 5.41) is 4.46. The van der Waals surface area contributed by atoms with Crippen molar-refractivity contribution >= 4 is 16.8 Å². The Labute approximate surface area is 139 Å². The molecule has 0 spiro atoms. The third-order valence-electron chi connectivity index (χ3n) is 4.35. The number of carbonyl (C=O) groups is 1. The van der Waals surface area contributed by atoms with Crippen LogP contribution < -0.4 is 5.56 Å². The molecule has 0 saturated carbocycles. The van der Waals surface area contributed by atoms with E-state index >= 15 is 0 Å². The van der Waals surface area contributed by atoms with Crippen molar-refractivity contribution in [3.8, 4) is 0 Å². The van der Waals surface area contributed by atoms with E-state index in [-0.39, 0.29) is 17.9 Å². The molecule has 0 fully saturated rings. The molecule has 24 heavy (non-hydrogen) atoms. The molecule has 0 unspecified atom stereocenters. The first-order chi connectivity index (χ1) is 11.4. The van der Waals surface area contributed by atoms with Crippen LogP contribution in [0.5, 0.6) is 0 Å². The van der Waals surface area contributed by atoms with E-state index in [9.17, 15) is 9.59 Å². The number of nitrogens with zero attached hydrogens (tertiary/aromatic N) is 5. The molecule has 3 rings (SSSR count). The molecule has 0 N–H and O–H groups in total. The fourth-order valence-electron chi connectivity index (χ4n) is 3.07. The third-order valence-corrected chi connectivity index (χ3v) is 4.35. The summed E-state index contributed by atoms with van der Waals surface area (Å²) in [4.78, 5) is 29.4. The van der Waals surface area contributed by atoms with Gasteiger partial charge in [0.1, 0.15) is 11.7 Å². The van der Waals surface area contributed by atoms with Gasteiger partial charge in [0.05, 0.1) is 12.7 Å². The average molecular weight is 327 g/mol. The molecule has 0 aliphatic carbocycles. The molecule has 3 heterocycles.